The molecule has 5 heteroatoms. The molecule has 2 aliphatic heterocycles. The molecule has 4 aliphatic rings. The third kappa shape index (κ3) is 3.48. The molecule has 1 aromatic rings. The molecule has 0 bridgehead atoms. The quantitative estimate of drug-likeness (QED) is 0.783. The van der Waals surface area contributed by atoms with E-state index in [4.69, 9.17) is 4.74 Å². The predicted molar refractivity (Wildman–Crippen MR) is 102 cm³/mol. The molecule has 1 aromatic heterocycles. The van der Waals surface area contributed by atoms with E-state index in [9.17, 15) is 0 Å². The Morgan fingerprint density at radius 3 is 2.46 bits per heavy atom. The largest absolute Gasteiger partial charge is 0.379 e. The Bertz CT molecular complexity index is 593. The first kappa shape index (κ1) is 16.9. The minimum absolute atomic E-state index is 0.436. The van der Waals surface area contributed by atoms with Gasteiger partial charge in [-0.1, -0.05) is 6.42 Å². The molecule has 142 valence electrons. The van der Waals surface area contributed by atoms with Crippen molar-refractivity contribution in [3.05, 3.63) is 18.5 Å². The van der Waals surface area contributed by atoms with Crippen molar-refractivity contribution in [3.8, 4) is 0 Å². The van der Waals surface area contributed by atoms with Gasteiger partial charge in [0.2, 0.25) is 5.95 Å². The Kier molecular flexibility index (Phi) is 4.61. The summed E-state index contributed by atoms with van der Waals surface area (Å²) in [6.07, 6.45) is 14.6. The third-order valence-corrected chi connectivity index (χ3v) is 7.23. The van der Waals surface area contributed by atoms with Gasteiger partial charge < -0.3 is 14.5 Å². The van der Waals surface area contributed by atoms with Crippen LogP contribution in [0.15, 0.2) is 18.5 Å². The van der Waals surface area contributed by atoms with Crippen molar-refractivity contribution in [1.82, 2.24) is 14.9 Å². The second kappa shape index (κ2) is 7.08. The molecule has 0 unspecified atom stereocenters. The van der Waals surface area contributed by atoms with Gasteiger partial charge in [-0.3, -0.25) is 0 Å². The zero-order valence-corrected chi connectivity index (χ0v) is 15.9. The van der Waals surface area contributed by atoms with Crippen LogP contribution >= 0.6 is 0 Å². The van der Waals surface area contributed by atoms with Crippen LogP contribution in [0.1, 0.15) is 51.4 Å². The summed E-state index contributed by atoms with van der Waals surface area (Å²) in [7, 11) is 0. The molecular weight excluding hydrogens is 324 g/mol. The number of aromatic nitrogens is 2. The molecule has 5 nitrogen and oxygen atoms in total. The minimum atomic E-state index is 0.436. The maximum absolute atomic E-state index is 6.11. The Labute approximate surface area is 157 Å². The second-order valence-corrected chi connectivity index (χ2v) is 9.14. The molecule has 0 radical (unpaired) electrons. The van der Waals surface area contributed by atoms with Crippen molar-refractivity contribution in [2.75, 3.05) is 37.7 Å². The normalized spacial score (nSPS) is 29.2. The molecule has 0 amide bonds. The lowest BCUT2D eigenvalue weighted by Gasteiger charge is -2.45. The summed E-state index contributed by atoms with van der Waals surface area (Å²) in [5, 5.41) is 0. The van der Waals surface area contributed by atoms with Crippen molar-refractivity contribution < 1.29 is 4.74 Å². The lowest BCUT2D eigenvalue weighted by Crippen LogP contribution is -2.48. The van der Waals surface area contributed by atoms with Gasteiger partial charge in [-0.25, -0.2) is 9.97 Å². The van der Waals surface area contributed by atoms with Crippen LogP contribution in [0.25, 0.3) is 0 Å². The summed E-state index contributed by atoms with van der Waals surface area (Å²) in [4.78, 5) is 14.3. The van der Waals surface area contributed by atoms with E-state index in [2.05, 4.69) is 19.8 Å². The van der Waals surface area contributed by atoms with Crippen LogP contribution in [-0.4, -0.2) is 59.8 Å². The van der Waals surface area contributed by atoms with Gasteiger partial charge in [0.15, 0.2) is 0 Å². The SMILES string of the molecule is c1cnc(N2CC3(CCN(C4CCC4)CC3)C[C@@H]2COCC2CC2)nc1. The average molecular weight is 357 g/mol. The zero-order valence-electron chi connectivity index (χ0n) is 15.9. The fourth-order valence-corrected chi connectivity index (χ4v) is 5.12. The third-order valence-electron chi connectivity index (χ3n) is 7.23. The van der Waals surface area contributed by atoms with E-state index in [0.29, 0.717) is 11.5 Å². The number of hydrogen-bond acceptors (Lipinski definition) is 5. The number of likely N-dealkylation sites (tertiary alicyclic amines) is 1. The standard InChI is InChI=1S/C21H32N4O/c1-3-18(4-1)24-11-7-21(8-12-24)13-19(15-26-14-17-5-6-17)25(16-21)20-22-9-2-10-23-20/h2,9-10,17-19H,1,3-8,11-16H2/t19-/m1/s1. The van der Waals surface area contributed by atoms with Gasteiger partial charge in [-0.15, -0.1) is 0 Å². The maximum Gasteiger partial charge on any atom is 0.225 e. The first-order valence-corrected chi connectivity index (χ1v) is 10.7. The molecule has 26 heavy (non-hydrogen) atoms. The molecule has 0 aromatic carbocycles. The predicted octanol–water partition coefficient (Wildman–Crippen LogP) is 3.12. The summed E-state index contributed by atoms with van der Waals surface area (Å²) in [6.45, 7) is 5.45. The molecule has 2 aliphatic carbocycles. The molecule has 3 heterocycles. The summed E-state index contributed by atoms with van der Waals surface area (Å²) < 4.78 is 6.11. The summed E-state index contributed by atoms with van der Waals surface area (Å²) in [5.41, 5.74) is 0.438. The molecule has 1 atom stereocenters. The smallest absolute Gasteiger partial charge is 0.225 e. The zero-order chi connectivity index (χ0) is 17.4. The molecule has 1 spiro atoms. The van der Waals surface area contributed by atoms with Gasteiger partial charge in [-0.05, 0) is 75.4 Å². The number of anilines is 1. The van der Waals surface area contributed by atoms with E-state index in [1.54, 1.807) is 0 Å². The number of rotatable bonds is 6. The topological polar surface area (TPSA) is 41.5 Å². The van der Waals surface area contributed by atoms with Gasteiger partial charge in [0.1, 0.15) is 0 Å². The second-order valence-electron chi connectivity index (χ2n) is 9.14. The molecule has 4 fully saturated rings. The van der Waals surface area contributed by atoms with Gasteiger partial charge in [0.25, 0.3) is 0 Å². The number of piperidine rings is 1. The minimum Gasteiger partial charge on any atom is -0.379 e. The lowest BCUT2D eigenvalue weighted by atomic mass is 9.75. The van der Waals surface area contributed by atoms with Crippen LogP contribution in [0.3, 0.4) is 0 Å². The van der Waals surface area contributed by atoms with Gasteiger partial charge in [-0.2, -0.15) is 0 Å². The molecule has 5 rings (SSSR count). The monoisotopic (exact) mass is 356 g/mol. The van der Waals surface area contributed by atoms with E-state index in [0.717, 1.165) is 37.7 Å². The van der Waals surface area contributed by atoms with Crippen molar-refractivity contribution in [2.24, 2.45) is 11.3 Å². The Balaban J connectivity index is 1.25. The van der Waals surface area contributed by atoms with Crippen molar-refractivity contribution in [3.63, 3.8) is 0 Å². The number of ether oxygens (including phenoxy) is 1. The van der Waals surface area contributed by atoms with Crippen molar-refractivity contribution in [2.45, 2.75) is 63.5 Å². The van der Waals surface area contributed by atoms with Gasteiger partial charge in [0.05, 0.1) is 12.6 Å². The highest BCUT2D eigenvalue weighted by Gasteiger charge is 2.47. The first-order chi connectivity index (χ1) is 12.8. The highest BCUT2D eigenvalue weighted by Crippen LogP contribution is 2.45. The van der Waals surface area contributed by atoms with E-state index >= 15 is 0 Å². The molecule has 0 N–H and O–H groups in total. The fourth-order valence-electron chi connectivity index (χ4n) is 5.12. The highest BCUT2D eigenvalue weighted by molar-refractivity contribution is 5.35. The van der Waals surface area contributed by atoms with E-state index in [1.165, 1.54) is 64.5 Å². The van der Waals surface area contributed by atoms with Gasteiger partial charge in [0, 0.05) is 31.6 Å². The molecule has 2 saturated carbocycles. The fraction of sp³-hybridized carbons (Fsp3) is 0.810. The molecular formula is C21H32N4O. The highest BCUT2D eigenvalue weighted by atomic mass is 16.5. The van der Waals surface area contributed by atoms with E-state index in [-0.39, 0.29) is 0 Å². The Morgan fingerprint density at radius 1 is 1.04 bits per heavy atom. The van der Waals surface area contributed by atoms with Gasteiger partial charge >= 0.3 is 0 Å². The van der Waals surface area contributed by atoms with Crippen LogP contribution in [-0.2, 0) is 4.74 Å². The lowest BCUT2D eigenvalue weighted by molar-refractivity contribution is 0.0474. The first-order valence-electron chi connectivity index (χ1n) is 10.7. The number of hydrogen-bond donors (Lipinski definition) is 0. The van der Waals surface area contributed by atoms with Crippen molar-refractivity contribution in [1.29, 1.82) is 0 Å². The summed E-state index contributed by atoms with van der Waals surface area (Å²) in [5.74, 6) is 1.73. The van der Waals surface area contributed by atoms with Crippen molar-refractivity contribution >= 4 is 5.95 Å². The molecule has 2 saturated heterocycles. The van der Waals surface area contributed by atoms with Crippen LogP contribution in [0.4, 0.5) is 5.95 Å². The Hall–Kier alpha value is -1.20. The number of nitrogens with zero attached hydrogens (tertiary/aromatic N) is 4. The van der Waals surface area contributed by atoms with Crippen LogP contribution in [0.5, 0.6) is 0 Å². The van der Waals surface area contributed by atoms with E-state index in [1.807, 2.05) is 18.5 Å². The average Bonchev–Trinajstić information content (AvgIpc) is 3.38. The van der Waals surface area contributed by atoms with Crippen LogP contribution in [0.2, 0.25) is 0 Å². The summed E-state index contributed by atoms with van der Waals surface area (Å²) in [6, 6.07) is 3.23. The van der Waals surface area contributed by atoms with Crippen LogP contribution in [0, 0.1) is 11.3 Å². The van der Waals surface area contributed by atoms with Crippen LogP contribution < -0.4 is 4.90 Å². The van der Waals surface area contributed by atoms with E-state index < -0.39 is 0 Å². The Morgan fingerprint density at radius 2 is 1.81 bits per heavy atom. The maximum atomic E-state index is 6.11. The summed E-state index contributed by atoms with van der Waals surface area (Å²) >= 11 is 0.